The molecule has 0 N–H and O–H groups in total. The predicted octanol–water partition coefficient (Wildman–Crippen LogP) is 15.6. The van der Waals surface area contributed by atoms with Gasteiger partial charge in [-0.1, -0.05) is 158 Å². The number of furan rings is 1. The lowest BCUT2D eigenvalue weighted by Gasteiger charge is -2.15. The molecule has 14 aromatic rings. The van der Waals surface area contributed by atoms with Crippen LogP contribution in [0.3, 0.4) is 0 Å². The fraction of sp³-hybridized carbons (Fsp3) is 0. The lowest BCUT2D eigenvalue weighted by atomic mass is 9.99. The zero-order chi connectivity index (χ0) is 41.9. The van der Waals surface area contributed by atoms with Gasteiger partial charge in [0.05, 0.1) is 16.7 Å². The Morgan fingerprint density at radius 1 is 0.297 bits per heavy atom. The first-order valence-electron chi connectivity index (χ1n) is 21.7. The Kier molecular flexibility index (Phi) is 7.33. The minimum Gasteiger partial charge on any atom is -0.456 e. The van der Waals surface area contributed by atoms with Gasteiger partial charge in [-0.05, 0) is 96.3 Å². The van der Waals surface area contributed by atoms with Crippen molar-refractivity contribution in [2.45, 2.75) is 0 Å². The Hall–Kier alpha value is -8.67. The van der Waals surface area contributed by atoms with Crippen LogP contribution < -0.4 is 0 Å². The molecule has 0 fully saturated rings. The Bertz CT molecular complexity index is 4140. The van der Waals surface area contributed by atoms with E-state index in [0.717, 1.165) is 66.1 Å². The summed E-state index contributed by atoms with van der Waals surface area (Å²) in [5.74, 6) is 1.78. The smallest absolute Gasteiger partial charge is 0.166 e. The van der Waals surface area contributed by atoms with Crippen molar-refractivity contribution in [3.8, 4) is 39.9 Å². The number of para-hydroxylation sites is 2. The van der Waals surface area contributed by atoms with Gasteiger partial charge in [-0.2, -0.15) is 0 Å². The van der Waals surface area contributed by atoms with Crippen molar-refractivity contribution in [1.82, 2.24) is 19.5 Å². The summed E-state index contributed by atoms with van der Waals surface area (Å²) < 4.78 is 9.00. The Labute approximate surface area is 366 Å². The van der Waals surface area contributed by atoms with Crippen LogP contribution in [-0.2, 0) is 0 Å². The number of nitrogens with zero attached hydrogens (tertiary/aromatic N) is 4. The highest BCUT2D eigenvalue weighted by Crippen LogP contribution is 2.42. The molecule has 11 aromatic carbocycles. The van der Waals surface area contributed by atoms with Crippen molar-refractivity contribution in [1.29, 1.82) is 0 Å². The molecule has 14 rings (SSSR count). The number of benzene rings is 11. The van der Waals surface area contributed by atoms with Crippen molar-refractivity contribution in [3.05, 3.63) is 206 Å². The first-order valence-corrected chi connectivity index (χ1v) is 21.7. The number of aromatic nitrogens is 4. The molecule has 64 heavy (non-hydrogen) atoms. The highest BCUT2D eigenvalue weighted by atomic mass is 16.3. The van der Waals surface area contributed by atoms with Gasteiger partial charge < -0.3 is 8.98 Å². The van der Waals surface area contributed by atoms with Crippen molar-refractivity contribution >= 4 is 97.6 Å². The summed E-state index contributed by atoms with van der Waals surface area (Å²) >= 11 is 0. The lowest BCUT2D eigenvalue weighted by molar-refractivity contribution is 0.668. The molecule has 3 heterocycles. The topological polar surface area (TPSA) is 56.7 Å². The molecule has 0 aliphatic heterocycles. The van der Waals surface area contributed by atoms with Crippen LogP contribution in [0.1, 0.15) is 0 Å². The van der Waals surface area contributed by atoms with Crippen LogP contribution in [0, 0.1) is 0 Å². The Morgan fingerprint density at radius 3 is 1.48 bits per heavy atom. The van der Waals surface area contributed by atoms with Gasteiger partial charge in [-0.15, -0.1) is 0 Å². The largest absolute Gasteiger partial charge is 0.456 e. The van der Waals surface area contributed by atoms with Crippen LogP contribution in [-0.4, -0.2) is 19.5 Å². The molecule has 0 unspecified atom stereocenters. The molecule has 0 aliphatic carbocycles. The third-order valence-corrected chi connectivity index (χ3v) is 13.2. The molecule has 3 aromatic heterocycles. The van der Waals surface area contributed by atoms with Gasteiger partial charge in [0.1, 0.15) is 11.2 Å². The number of hydrogen-bond donors (Lipinski definition) is 0. The zero-order valence-electron chi connectivity index (χ0n) is 34.3. The standard InChI is InChI=1S/C59H34N4O/c1-2-14-38-32-53-49(31-37(38)13-1)47-17-7-9-19-52(47)63(53)54-34-56-50(48-18-8-10-20-55(48)64-56)33-51(54)59-61-57(41-25-27-45-39(29-41)23-21-35-11-3-5-15-43(35)45)60-58(62-59)42-26-28-46-40(30-42)24-22-36-12-4-6-16-44(36)46/h1-34H. The summed E-state index contributed by atoms with van der Waals surface area (Å²) in [6.45, 7) is 0. The number of fused-ring (bicyclic) bond motifs is 13. The average molecular weight is 815 g/mol. The molecule has 0 atom stereocenters. The summed E-state index contributed by atoms with van der Waals surface area (Å²) in [7, 11) is 0. The zero-order valence-corrected chi connectivity index (χ0v) is 34.3. The van der Waals surface area contributed by atoms with Crippen molar-refractivity contribution < 1.29 is 4.42 Å². The van der Waals surface area contributed by atoms with Crippen molar-refractivity contribution in [2.24, 2.45) is 0 Å². The van der Waals surface area contributed by atoms with Crippen LogP contribution in [0.25, 0.3) is 137 Å². The van der Waals surface area contributed by atoms with Gasteiger partial charge in [0.25, 0.3) is 0 Å². The molecule has 296 valence electrons. The molecule has 0 amide bonds. The van der Waals surface area contributed by atoms with E-state index in [-0.39, 0.29) is 0 Å². The van der Waals surface area contributed by atoms with E-state index >= 15 is 0 Å². The van der Waals surface area contributed by atoms with Crippen LogP contribution in [0.15, 0.2) is 211 Å². The summed E-state index contributed by atoms with van der Waals surface area (Å²) in [5.41, 5.74) is 7.43. The second-order valence-electron chi connectivity index (χ2n) is 16.8. The SMILES string of the molecule is c1ccc2cc3c(cc2c1)c1ccccc1n3-c1cc2oc3ccccc3c2cc1-c1nc(-c2ccc3c(ccc4ccccc43)c2)nc(-c2ccc3c(ccc4ccccc43)c2)n1. The second-order valence-corrected chi connectivity index (χ2v) is 16.8. The van der Waals surface area contributed by atoms with Crippen LogP contribution in [0.4, 0.5) is 0 Å². The van der Waals surface area contributed by atoms with Gasteiger partial charge in [0, 0.05) is 44.3 Å². The quantitative estimate of drug-likeness (QED) is 0.166. The van der Waals surface area contributed by atoms with Gasteiger partial charge in [0.15, 0.2) is 17.5 Å². The maximum atomic E-state index is 6.64. The van der Waals surface area contributed by atoms with E-state index in [1.54, 1.807) is 0 Å². The molecule has 0 aliphatic rings. The molecule has 0 bridgehead atoms. The Balaban J connectivity index is 1.08. The minimum atomic E-state index is 0.575. The normalized spacial score (nSPS) is 12.1. The van der Waals surface area contributed by atoms with E-state index in [2.05, 4.69) is 199 Å². The van der Waals surface area contributed by atoms with E-state index in [1.165, 1.54) is 53.9 Å². The first-order chi connectivity index (χ1) is 31.7. The maximum absolute atomic E-state index is 6.64. The first kappa shape index (κ1) is 35.0. The Morgan fingerprint density at radius 2 is 0.812 bits per heavy atom. The fourth-order valence-corrected chi connectivity index (χ4v) is 10.1. The summed E-state index contributed by atoms with van der Waals surface area (Å²) in [5, 5.41) is 16.2. The van der Waals surface area contributed by atoms with E-state index in [0.29, 0.717) is 17.5 Å². The number of hydrogen-bond acceptors (Lipinski definition) is 4. The van der Waals surface area contributed by atoms with Gasteiger partial charge in [-0.25, -0.2) is 15.0 Å². The third kappa shape index (κ3) is 5.28. The van der Waals surface area contributed by atoms with E-state index in [4.69, 9.17) is 19.4 Å². The van der Waals surface area contributed by atoms with E-state index < -0.39 is 0 Å². The van der Waals surface area contributed by atoms with E-state index in [9.17, 15) is 0 Å². The fourth-order valence-electron chi connectivity index (χ4n) is 10.1. The molecule has 5 heteroatoms. The molecule has 0 saturated carbocycles. The molecule has 0 spiro atoms. The average Bonchev–Trinajstić information content (AvgIpc) is 3.89. The number of rotatable bonds is 4. The van der Waals surface area contributed by atoms with E-state index in [1.807, 2.05) is 12.1 Å². The molecular formula is C59H34N4O. The second kappa shape index (κ2) is 13.4. The molecular weight excluding hydrogens is 781 g/mol. The van der Waals surface area contributed by atoms with Crippen LogP contribution >= 0.6 is 0 Å². The van der Waals surface area contributed by atoms with Gasteiger partial charge in [-0.3, -0.25) is 0 Å². The third-order valence-electron chi connectivity index (χ3n) is 13.2. The summed E-state index contributed by atoms with van der Waals surface area (Å²) in [4.78, 5) is 16.2. The maximum Gasteiger partial charge on any atom is 0.166 e. The van der Waals surface area contributed by atoms with Crippen molar-refractivity contribution in [2.75, 3.05) is 0 Å². The minimum absolute atomic E-state index is 0.575. The highest BCUT2D eigenvalue weighted by Gasteiger charge is 2.23. The molecule has 5 nitrogen and oxygen atoms in total. The monoisotopic (exact) mass is 814 g/mol. The molecule has 0 saturated heterocycles. The van der Waals surface area contributed by atoms with Gasteiger partial charge in [0.2, 0.25) is 0 Å². The van der Waals surface area contributed by atoms with Crippen molar-refractivity contribution in [3.63, 3.8) is 0 Å². The van der Waals surface area contributed by atoms with Gasteiger partial charge >= 0.3 is 0 Å². The summed E-state index contributed by atoms with van der Waals surface area (Å²) in [6, 6.07) is 73.5. The summed E-state index contributed by atoms with van der Waals surface area (Å²) in [6.07, 6.45) is 0. The highest BCUT2D eigenvalue weighted by molar-refractivity contribution is 6.15. The lowest BCUT2D eigenvalue weighted by Crippen LogP contribution is -2.04. The predicted molar refractivity (Wildman–Crippen MR) is 265 cm³/mol. The van der Waals surface area contributed by atoms with Crippen LogP contribution in [0.5, 0.6) is 0 Å². The molecule has 0 radical (unpaired) electrons. The van der Waals surface area contributed by atoms with Crippen LogP contribution in [0.2, 0.25) is 0 Å².